The molecule has 1 aliphatic rings. The van der Waals surface area contributed by atoms with Gasteiger partial charge in [0.2, 0.25) is 0 Å². The maximum absolute atomic E-state index is 9.32. The van der Waals surface area contributed by atoms with Crippen molar-refractivity contribution in [1.82, 2.24) is 5.32 Å². The van der Waals surface area contributed by atoms with Gasteiger partial charge in [0.15, 0.2) is 0 Å². The van der Waals surface area contributed by atoms with Crippen molar-refractivity contribution in [3.8, 4) is 0 Å². The van der Waals surface area contributed by atoms with Crippen LogP contribution in [0, 0.1) is 12.8 Å². The Hall–Kier alpha value is -1.06. The van der Waals surface area contributed by atoms with E-state index >= 15 is 0 Å². The minimum absolute atomic E-state index is 0.125. The van der Waals surface area contributed by atoms with E-state index in [-0.39, 0.29) is 5.54 Å². The number of hydrogen-bond acceptors (Lipinski definition) is 3. The van der Waals surface area contributed by atoms with Crippen LogP contribution in [0.5, 0.6) is 0 Å². The van der Waals surface area contributed by atoms with Gasteiger partial charge < -0.3 is 15.3 Å². The highest BCUT2D eigenvalue weighted by atomic mass is 16.3. The minimum atomic E-state index is 0.125. The summed E-state index contributed by atoms with van der Waals surface area (Å²) in [5, 5.41) is 12.9. The van der Waals surface area contributed by atoms with Gasteiger partial charge in [-0.25, -0.2) is 0 Å². The third-order valence-corrected chi connectivity index (χ3v) is 3.93. The number of hydrogen-bond donors (Lipinski definition) is 2. The summed E-state index contributed by atoms with van der Waals surface area (Å²) in [7, 11) is 0. The van der Waals surface area contributed by atoms with Crippen molar-refractivity contribution in [2.45, 2.75) is 46.2 Å². The van der Waals surface area contributed by atoms with Gasteiger partial charge in [-0.15, -0.1) is 0 Å². The Balaban J connectivity index is 2.16. The van der Waals surface area contributed by atoms with E-state index in [0.717, 1.165) is 26.1 Å². The van der Waals surface area contributed by atoms with Gasteiger partial charge in [-0.1, -0.05) is 17.7 Å². The van der Waals surface area contributed by atoms with Crippen molar-refractivity contribution in [3.63, 3.8) is 0 Å². The molecule has 1 aromatic carbocycles. The first-order valence-corrected chi connectivity index (χ1v) is 7.59. The number of nitrogens with one attached hydrogen (secondary N) is 1. The van der Waals surface area contributed by atoms with Gasteiger partial charge in [0.1, 0.15) is 0 Å². The molecule has 3 nitrogen and oxygen atoms in total. The maximum Gasteiger partial charge on any atom is 0.0476 e. The molecule has 0 bridgehead atoms. The van der Waals surface area contributed by atoms with Crippen LogP contribution < -0.4 is 10.2 Å². The van der Waals surface area contributed by atoms with Crippen molar-refractivity contribution in [3.05, 3.63) is 29.3 Å². The molecule has 3 heteroatoms. The van der Waals surface area contributed by atoms with Gasteiger partial charge in [-0.3, -0.25) is 0 Å². The Bertz CT molecular complexity index is 451. The zero-order chi connectivity index (χ0) is 14.8. The minimum Gasteiger partial charge on any atom is -0.396 e. The Morgan fingerprint density at radius 1 is 1.35 bits per heavy atom. The van der Waals surface area contributed by atoms with E-state index in [2.05, 4.69) is 56.1 Å². The smallest absolute Gasteiger partial charge is 0.0476 e. The van der Waals surface area contributed by atoms with E-state index in [1.54, 1.807) is 0 Å². The normalized spacial score (nSPS) is 19.6. The molecule has 0 spiro atoms. The summed E-state index contributed by atoms with van der Waals surface area (Å²) in [5.74, 6) is 0.430. The number of anilines is 1. The molecule has 1 unspecified atom stereocenters. The van der Waals surface area contributed by atoms with E-state index in [1.165, 1.54) is 16.8 Å². The molecule has 1 saturated heterocycles. The van der Waals surface area contributed by atoms with Crippen molar-refractivity contribution < 1.29 is 5.11 Å². The van der Waals surface area contributed by atoms with Crippen LogP contribution in [0.15, 0.2) is 18.2 Å². The molecule has 1 fully saturated rings. The Morgan fingerprint density at radius 2 is 2.10 bits per heavy atom. The summed E-state index contributed by atoms with van der Waals surface area (Å²) in [6.07, 6.45) is 1.09. The molecule has 20 heavy (non-hydrogen) atoms. The average molecular weight is 276 g/mol. The van der Waals surface area contributed by atoms with Gasteiger partial charge in [-0.2, -0.15) is 0 Å². The largest absolute Gasteiger partial charge is 0.396 e. The molecule has 112 valence electrons. The van der Waals surface area contributed by atoms with E-state index in [4.69, 9.17) is 0 Å². The summed E-state index contributed by atoms with van der Waals surface area (Å²) in [6.45, 7) is 11.9. The second-order valence-corrected chi connectivity index (χ2v) is 7.02. The highest BCUT2D eigenvalue weighted by molar-refractivity contribution is 5.55. The van der Waals surface area contributed by atoms with Gasteiger partial charge >= 0.3 is 0 Å². The Morgan fingerprint density at radius 3 is 2.70 bits per heavy atom. The van der Waals surface area contributed by atoms with Gasteiger partial charge in [-0.05, 0) is 45.7 Å². The second-order valence-electron chi connectivity index (χ2n) is 7.02. The van der Waals surface area contributed by atoms with Crippen LogP contribution in [0.25, 0.3) is 0 Å². The third kappa shape index (κ3) is 3.97. The fraction of sp³-hybridized carbons (Fsp3) is 0.647. The number of nitrogens with zero attached hydrogens (tertiary/aromatic N) is 1. The molecule has 0 aromatic heterocycles. The molecule has 1 atom stereocenters. The lowest BCUT2D eigenvalue weighted by molar-refractivity contribution is 0.238. The number of benzene rings is 1. The highest BCUT2D eigenvalue weighted by Crippen LogP contribution is 2.28. The number of aliphatic hydroxyl groups is 1. The Labute approximate surface area is 123 Å². The maximum atomic E-state index is 9.32. The highest BCUT2D eigenvalue weighted by Gasteiger charge is 2.23. The number of rotatable bonds is 4. The molecular formula is C17H28N2O. The lowest BCUT2D eigenvalue weighted by Crippen LogP contribution is -2.35. The zero-order valence-corrected chi connectivity index (χ0v) is 13.2. The molecule has 1 aromatic rings. The summed E-state index contributed by atoms with van der Waals surface area (Å²) in [5.41, 5.74) is 4.11. The molecule has 1 aliphatic heterocycles. The van der Waals surface area contributed by atoms with E-state index in [9.17, 15) is 5.11 Å². The molecule has 0 amide bonds. The summed E-state index contributed by atoms with van der Waals surface area (Å²) >= 11 is 0. The van der Waals surface area contributed by atoms with Crippen LogP contribution in [0.4, 0.5) is 5.69 Å². The van der Waals surface area contributed by atoms with Crippen molar-refractivity contribution >= 4 is 5.69 Å². The van der Waals surface area contributed by atoms with Crippen molar-refractivity contribution in [2.24, 2.45) is 5.92 Å². The number of aliphatic hydroxyl groups excluding tert-OH is 1. The summed E-state index contributed by atoms with van der Waals surface area (Å²) < 4.78 is 0. The standard InChI is InChI=1S/C17H28N2O/c1-13-5-6-16(19-8-7-14(11-19)12-20)15(9-13)10-18-17(2,3)4/h5-6,9,14,18,20H,7-8,10-12H2,1-4H3. The molecule has 0 saturated carbocycles. The molecule has 1 heterocycles. The van der Waals surface area contributed by atoms with Crippen LogP contribution in [-0.2, 0) is 6.54 Å². The predicted octanol–water partition coefficient (Wildman–Crippen LogP) is 2.70. The van der Waals surface area contributed by atoms with E-state index in [1.807, 2.05) is 0 Å². The Kier molecular flexibility index (Phi) is 4.71. The number of aryl methyl sites for hydroxylation is 1. The van der Waals surface area contributed by atoms with E-state index in [0.29, 0.717) is 12.5 Å². The average Bonchev–Trinajstić information content (AvgIpc) is 2.84. The van der Waals surface area contributed by atoms with Crippen LogP contribution in [0.3, 0.4) is 0 Å². The van der Waals surface area contributed by atoms with Gasteiger partial charge in [0.05, 0.1) is 0 Å². The molecule has 0 radical (unpaired) electrons. The molecule has 2 rings (SSSR count). The first-order valence-electron chi connectivity index (χ1n) is 7.59. The van der Waals surface area contributed by atoms with E-state index < -0.39 is 0 Å². The third-order valence-electron chi connectivity index (χ3n) is 3.93. The fourth-order valence-electron chi connectivity index (χ4n) is 2.73. The summed E-state index contributed by atoms with van der Waals surface area (Å²) in [6, 6.07) is 6.69. The topological polar surface area (TPSA) is 35.5 Å². The lowest BCUT2D eigenvalue weighted by Gasteiger charge is -2.26. The van der Waals surface area contributed by atoms with Gasteiger partial charge in [0, 0.05) is 43.4 Å². The van der Waals surface area contributed by atoms with Crippen LogP contribution in [-0.4, -0.2) is 30.3 Å². The quantitative estimate of drug-likeness (QED) is 0.887. The second kappa shape index (κ2) is 6.15. The zero-order valence-electron chi connectivity index (χ0n) is 13.2. The predicted molar refractivity (Wildman–Crippen MR) is 85.2 cm³/mol. The fourth-order valence-corrected chi connectivity index (χ4v) is 2.73. The lowest BCUT2D eigenvalue weighted by atomic mass is 10.1. The molecular weight excluding hydrogens is 248 g/mol. The summed E-state index contributed by atoms with van der Waals surface area (Å²) in [4.78, 5) is 2.42. The van der Waals surface area contributed by atoms with Crippen molar-refractivity contribution in [2.75, 3.05) is 24.6 Å². The molecule has 0 aliphatic carbocycles. The van der Waals surface area contributed by atoms with Crippen LogP contribution in [0.1, 0.15) is 38.3 Å². The van der Waals surface area contributed by atoms with Crippen LogP contribution >= 0.6 is 0 Å². The monoisotopic (exact) mass is 276 g/mol. The molecule has 2 N–H and O–H groups in total. The first-order chi connectivity index (χ1) is 9.39. The first kappa shape index (κ1) is 15.3. The van der Waals surface area contributed by atoms with Crippen molar-refractivity contribution in [1.29, 1.82) is 0 Å². The van der Waals surface area contributed by atoms with Crippen LogP contribution in [0.2, 0.25) is 0 Å². The van der Waals surface area contributed by atoms with Gasteiger partial charge in [0.25, 0.3) is 0 Å². The SMILES string of the molecule is Cc1ccc(N2CCC(CO)C2)c(CNC(C)(C)C)c1.